The quantitative estimate of drug-likeness (QED) is 0.793. The molecule has 1 amide bonds. The molecule has 0 aromatic carbocycles. The van der Waals surface area contributed by atoms with E-state index in [1.807, 2.05) is 13.0 Å². The summed E-state index contributed by atoms with van der Waals surface area (Å²) in [6.45, 7) is 4.10. The van der Waals surface area contributed by atoms with Crippen molar-refractivity contribution in [2.24, 2.45) is 5.92 Å². The number of carbonyl (C=O) groups excluding carboxylic acids is 1. The van der Waals surface area contributed by atoms with E-state index < -0.39 is 0 Å². The lowest BCUT2D eigenvalue weighted by Crippen LogP contribution is -2.22. The van der Waals surface area contributed by atoms with Gasteiger partial charge in [-0.15, -0.1) is 0 Å². The van der Waals surface area contributed by atoms with Crippen molar-refractivity contribution in [3.63, 3.8) is 0 Å². The van der Waals surface area contributed by atoms with Gasteiger partial charge >= 0.3 is 0 Å². The van der Waals surface area contributed by atoms with Crippen LogP contribution in [0.1, 0.15) is 45.1 Å². The largest absolute Gasteiger partial charge is 0.310 e. The lowest BCUT2D eigenvalue weighted by molar-refractivity contribution is -0.120. The normalized spacial score (nSPS) is 11.8. The highest BCUT2D eigenvalue weighted by molar-refractivity contribution is 5.92. The summed E-state index contributed by atoms with van der Waals surface area (Å²) >= 11 is 0. The average molecular weight is 234 g/mol. The first-order valence-electron chi connectivity index (χ1n) is 5.97. The van der Waals surface area contributed by atoms with E-state index in [9.17, 15) is 4.79 Å². The Bertz CT molecular complexity index is 405. The van der Waals surface area contributed by atoms with Crippen molar-refractivity contribution >= 4 is 11.7 Å². The van der Waals surface area contributed by atoms with Crippen molar-refractivity contribution in [3.8, 4) is 6.07 Å². The second kappa shape index (κ2) is 6.69. The maximum atomic E-state index is 11.9. The Morgan fingerprint density at radius 2 is 2.41 bits per heavy atom. The molecule has 0 fully saturated rings. The van der Waals surface area contributed by atoms with Crippen molar-refractivity contribution in [2.45, 2.75) is 39.5 Å². The number of rotatable bonds is 6. The topological polar surface area (TPSA) is 81.6 Å². The van der Waals surface area contributed by atoms with Gasteiger partial charge in [-0.2, -0.15) is 10.4 Å². The number of nitrogens with zero attached hydrogens (tertiary/aromatic N) is 2. The predicted molar refractivity (Wildman–Crippen MR) is 65.2 cm³/mol. The van der Waals surface area contributed by atoms with Gasteiger partial charge in [-0.05, 0) is 12.8 Å². The Hall–Kier alpha value is -1.83. The van der Waals surface area contributed by atoms with Gasteiger partial charge in [-0.1, -0.05) is 26.7 Å². The van der Waals surface area contributed by atoms with Gasteiger partial charge in [-0.25, -0.2) is 0 Å². The van der Waals surface area contributed by atoms with E-state index in [2.05, 4.69) is 22.4 Å². The van der Waals surface area contributed by atoms with Crippen LogP contribution < -0.4 is 5.32 Å². The number of anilines is 1. The molecule has 1 rings (SSSR count). The number of carbonyl (C=O) groups is 1. The molecule has 1 unspecified atom stereocenters. The number of aromatic amines is 1. The molecule has 2 N–H and O–H groups in total. The molecule has 0 radical (unpaired) electrons. The summed E-state index contributed by atoms with van der Waals surface area (Å²) < 4.78 is 0. The Balaban J connectivity index is 2.61. The lowest BCUT2D eigenvalue weighted by atomic mass is 9.98. The van der Waals surface area contributed by atoms with E-state index in [-0.39, 0.29) is 11.8 Å². The van der Waals surface area contributed by atoms with Gasteiger partial charge < -0.3 is 5.32 Å². The van der Waals surface area contributed by atoms with Gasteiger partial charge in [-0.3, -0.25) is 9.89 Å². The molecule has 1 heterocycles. The lowest BCUT2D eigenvalue weighted by Gasteiger charge is -2.13. The van der Waals surface area contributed by atoms with E-state index in [1.165, 1.54) is 6.20 Å². The van der Waals surface area contributed by atoms with Gasteiger partial charge in [0.2, 0.25) is 5.91 Å². The van der Waals surface area contributed by atoms with Gasteiger partial charge in [0, 0.05) is 5.92 Å². The Morgan fingerprint density at radius 3 is 3.00 bits per heavy atom. The van der Waals surface area contributed by atoms with Crippen LogP contribution in [0.25, 0.3) is 0 Å². The maximum absolute atomic E-state index is 11.9. The van der Waals surface area contributed by atoms with Crippen LogP contribution in [0.5, 0.6) is 0 Å². The van der Waals surface area contributed by atoms with Crippen LogP contribution in [0.15, 0.2) is 6.20 Å². The summed E-state index contributed by atoms with van der Waals surface area (Å²) in [5.41, 5.74) is 0.365. The summed E-state index contributed by atoms with van der Waals surface area (Å²) in [5, 5.41) is 17.9. The van der Waals surface area contributed by atoms with Crippen LogP contribution in [0.4, 0.5) is 5.82 Å². The minimum Gasteiger partial charge on any atom is -0.310 e. The van der Waals surface area contributed by atoms with E-state index in [0.29, 0.717) is 11.4 Å². The minimum atomic E-state index is -0.0401. The number of unbranched alkanes of at least 4 members (excludes halogenated alkanes) is 1. The fraction of sp³-hybridized carbons (Fsp3) is 0.583. The first kappa shape index (κ1) is 13.2. The van der Waals surface area contributed by atoms with Crippen LogP contribution in [0, 0.1) is 17.2 Å². The third kappa shape index (κ3) is 3.59. The number of nitriles is 1. The summed E-state index contributed by atoms with van der Waals surface area (Å²) in [6, 6.07) is 1.97. The minimum absolute atomic E-state index is 0.00444. The molecule has 0 bridgehead atoms. The predicted octanol–water partition coefficient (Wildman–Crippen LogP) is 2.44. The smallest absolute Gasteiger partial charge is 0.228 e. The Kier molecular flexibility index (Phi) is 5.21. The molecule has 0 aliphatic carbocycles. The molecule has 5 nitrogen and oxygen atoms in total. The zero-order chi connectivity index (χ0) is 12.7. The fourth-order valence-electron chi connectivity index (χ4n) is 1.66. The molecule has 0 saturated carbocycles. The third-order valence-electron chi connectivity index (χ3n) is 2.78. The molecule has 17 heavy (non-hydrogen) atoms. The second-order valence-electron chi connectivity index (χ2n) is 4.01. The number of aromatic nitrogens is 2. The van der Waals surface area contributed by atoms with E-state index in [4.69, 9.17) is 5.26 Å². The van der Waals surface area contributed by atoms with Crippen LogP contribution in [0.2, 0.25) is 0 Å². The zero-order valence-corrected chi connectivity index (χ0v) is 10.3. The standard InChI is InChI=1S/C12H18N4O/c1-3-5-6-9(4-2)12(17)15-11-10(7-13)8-14-16-11/h8-9H,3-6H2,1-2H3,(H2,14,15,16,17). The van der Waals surface area contributed by atoms with Crippen LogP contribution in [-0.4, -0.2) is 16.1 Å². The molecule has 0 aliphatic heterocycles. The molecule has 92 valence electrons. The molecule has 5 heteroatoms. The maximum Gasteiger partial charge on any atom is 0.228 e. The first-order valence-corrected chi connectivity index (χ1v) is 5.97. The SMILES string of the molecule is CCCCC(CC)C(=O)Nc1[nH]ncc1C#N. The highest BCUT2D eigenvalue weighted by Crippen LogP contribution is 2.16. The van der Waals surface area contributed by atoms with Crippen molar-refractivity contribution in [2.75, 3.05) is 5.32 Å². The summed E-state index contributed by atoms with van der Waals surface area (Å²) in [5.74, 6) is 0.360. The molecule has 1 atom stereocenters. The van der Waals surface area contributed by atoms with Crippen molar-refractivity contribution in [1.29, 1.82) is 5.26 Å². The molecule has 0 spiro atoms. The summed E-state index contributed by atoms with van der Waals surface area (Å²) in [4.78, 5) is 11.9. The number of hydrogen-bond donors (Lipinski definition) is 2. The molecule has 1 aromatic rings. The van der Waals surface area contributed by atoms with E-state index in [0.717, 1.165) is 25.7 Å². The van der Waals surface area contributed by atoms with E-state index in [1.54, 1.807) is 0 Å². The molecule has 0 aliphatic rings. The average Bonchev–Trinajstić information content (AvgIpc) is 2.77. The zero-order valence-electron chi connectivity index (χ0n) is 10.3. The molecular weight excluding hydrogens is 216 g/mol. The number of H-pyrrole nitrogens is 1. The van der Waals surface area contributed by atoms with E-state index >= 15 is 0 Å². The first-order chi connectivity index (χ1) is 8.22. The fourth-order valence-corrected chi connectivity index (χ4v) is 1.66. The molecular formula is C12H18N4O. The van der Waals surface area contributed by atoms with Crippen LogP contribution in [-0.2, 0) is 4.79 Å². The van der Waals surface area contributed by atoms with Crippen molar-refractivity contribution in [1.82, 2.24) is 10.2 Å². The third-order valence-corrected chi connectivity index (χ3v) is 2.78. The van der Waals surface area contributed by atoms with Gasteiger partial charge in [0.1, 0.15) is 17.5 Å². The number of hydrogen-bond acceptors (Lipinski definition) is 3. The van der Waals surface area contributed by atoms with Gasteiger partial charge in [0.05, 0.1) is 6.20 Å². The highest BCUT2D eigenvalue weighted by Gasteiger charge is 2.17. The monoisotopic (exact) mass is 234 g/mol. The molecule has 1 aromatic heterocycles. The number of nitrogens with one attached hydrogen (secondary N) is 2. The van der Waals surface area contributed by atoms with Crippen LogP contribution >= 0.6 is 0 Å². The Morgan fingerprint density at radius 1 is 1.65 bits per heavy atom. The van der Waals surface area contributed by atoms with Crippen molar-refractivity contribution < 1.29 is 4.79 Å². The van der Waals surface area contributed by atoms with Gasteiger partial charge in [0.25, 0.3) is 0 Å². The van der Waals surface area contributed by atoms with Crippen molar-refractivity contribution in [3.05, 3.63) is 11.8 Å². The molecule has 0 saturated heterocycles. The Labute approximate surface area is 101 Å². The summed E-state index contributed by atoms with van der Waals surface area (Å²) in [7, 11) is 0. The van der Waals surface area contributed by atoms with Crippen LogP contribution in [0.3, 0.4) is 0 Å². The number of amides is 1. The summed E-state index contributed by atoms with van der Waals surface area (Å²) in [6.07, 6.45) is 5.22. The highest BCUT2D eigenvalue weighted by atomic mass is 16.1. The second-order valence-corrected chi connectivity index (χ2v) is 4.01. The van der Waals surface area contributed by atoms with Gasteiger partial charge in [0.15, 0.2) is 0 Å².